The fraction of sp³-hybridized carbons (Fsp3) is 0.318. The molecule has 1 aliphatic heterocycles. The molecule has 3 aromatic heterocycles. The van der Waals surface area contributed by atoms with E-state index < -0.39 is 24.0 Å². The van der Waals surface area contributed by atoms with Gasteiger partial charge in [-0.05, 0) is 43.5 Å². The number of amides is 2. The monoisotopic (exact) mass is 492 g/mol. The second-order valence-electron chi connectivity index (χ2n) is 7.77. The number of piperidine rings is 1. The van der Waals surface area contributed by atoms with Crippen LogP contribution in [-0.2, 0) is 14.4 Å². The van der Waals surface area contributed by atoms with Gasteiger partial charge in [-0.15, -0.1) is 0 Å². The van der Waals surface area contributed by atoms with Gasteiger partial charge in [-0.2, -0.15) is 13.2 Å². The molecule has 35 heavy (non-hydrogen) atoms. The molecule has 4 heterocycles. The lowest BCUT2D eigenvalue weighted by Gasteiger charge is -2.33. The molecule has 1 aliphatic rings. The van der Waals surface area contributed by atoms with Crippen LogP contribution in [0.4, 0.5) is 24.5 Å². The van der Waals surface area contributed by atoms with E-state index in [9.17, 15) is 22.8 Å². The van der Waals surface area contributed by atoms with E-state index in [0.29, 0.717) is 5.69 Å². The number of carboxylic acids is 1. The van der Waals surface area contributed by atoms with Crippen molar-refractivity contribution in [2.24, 2.45) is 0 Å². The molecule has 0 atom stereocenters. The summed E-state index contributed by atoms with van der Waals surface area (Å²) in [5, 5.41) is 12.6. The highest BCUT2D eigenvalue weighted by Gasteiger charge is 2.38. The van der Waals surface area contributed by atoms with Gasteiger partial charge in [0, 0.05) is 55.8 Å². The number of fused-ring (bicyclic) bond motifs is 1. The van der Waals surface area contributed by atoms with Crippen molar-refractivity contribution in [2.75, 3.05) is 23.3 Å². The molecular formula is C22H23F3N6O4. The molecule has 0 aliphatic carbocycles. The number of alkyl halides is 3. The highest BCUT2D eigenvalue weighted by atomic mass is 19.4. The second-order valence-corrected chi connectivity index (χ2v) is 7.77. The molecule has 0 bridgehead atoms. The molecule has 1 saturated heterocycles. The summed E-state index contributed by atoms with van der Waals surface area (Å²) in [6.45, 7) is 3.56. The second kappa shape index (κ2) is 10.8. The van der Waals surface area contributed by atoms with Gasteiger partial charge >= 0.3 is 24.0 Å². The Kier molecular flexibility index (Phi) is 7.89. The number of nitrogens with one attached hydrogen (secondary N) is 2. The van der Waals surface area contributed by atoms with Crippen molar-refractivity contribution < 1.29 is 32.7 Å². The van der Waals surface area contributed by atoms with Crippen LogP contribution in [0.15, 0.2) is 49.2 Å². The quantitative estimate of drug-likeness (QED) is 0.479. The molecule has 4 rings (SSSR count). The Morgan fingerprint density at radius 2 is 1.71 bits per heavy atom. The van der Waals surface area contributed by atoms with E-state index >= 15 is 0 Å². The van der Waals surface area contributed by atoms with Crippen molar-refractivity contribution in [2.45, 2.75) is 32.0 Å². The number of halogens is 3. The van der Waals surface area contributed by atoms with Crippen molar-refractivity contribution in [1.29, 1.82) is 0 Å². The minimum atomic E-state index is -5.08. The fourth-order valence-corrected chi connectivity index (χ4v) is 3.55. The van der Waals surface area contributed by atoms with E-state index in [-0.39, 0.29) is 6.04 Å². The van der Waals surface area contributed by atoms with E-state index in [1.165, 1.54) is 0 Å². The van der Waals surface area contributed by atoms with Crippen LogP contribution < -0.4 is 15.5 Å². The van der Waals surface area contributed by atoms with Crippen molar-refractivity contribution >= 4 is 34.8 Å². The summed E-state index contributed by atoms with van der Waals surface area (Å²) < 4.78 is 33.6. The molecule has 0 radical (unpaired) electrons. The zero-order valence-corrected chi connectivity index (χ0v) is 18.6. The summed E-state index contributed by atoms with van der Waals surface area (Å²) in [6.07, 6.45) is 5.29. The predicted octanol–water partition coefficient (Wildman–Crippen LogP) is 2.39. The minimum absolute atomic E-state index is 0.00537. The number of aryl methyl sites for hydroxylation is 1. The topological polar surface area (TPSA) is 129 Å². The molecule has 186 valence electrons. The first-order chi connectivity index (χ1) is 16.5. The first-order valence-electron chi connectivity index (χ1n) is 10.5. The minimum Gasteiger partial charge on any atom is -0.475 e. The first-order valence-corrected chi connectivity index (χ1v) is 10.5. The van der Waals surface area contributed by atoms with Crippen LogP contribution >= 0.6 is 0 Å². The van der Waals surface area contributed by atoms with E-state index in [1.54, 1.807) is 37.1 Å². The summed E-state index contributed by atoms with van der Waals surface area (Å²) >= 11 is 0. The van der Waals surface area contributed by atoms with Gasteiger partial charge in [-0.3, -0.25) is 14.6 Å². The number of pyridine rings is 2. The number of hydrogen-bond donors (Lipinski definition) is 3. The van der Waals surface area contributed by atoms with Gasteiger partial charge in [0.1, 0.15) is 5.65 Å². The average Bonchev–Trinajstić information content (AvgIpc) is 3.29. The number of carbonyl (C=O) groups is 3. The molecular weight excluding hydrogens is 469 g/mol. The zero-order chi connectivity index (χ0) is 25.6. The van der Waals surface area contributed by atoms with Crippen LogP contribution in [0, 0.1) is 6.92 Å². The number of hydrogen-bond acceptors (Lipinski definition) is 6. The van der Waals surface area contributed by atoms with Gasteiger partial charge in [-0.25, -0.2) is 9.78 Å². The lowest BCUT2D eigenvalue weighted by atomic mass is 10.0. The van der Waals surface area contributed by atoms with Crippen molar-refractivity contribution in [3.63, 3.8) is 0 Å². The summed E-state index contributed by atoms with van der Waals surface area (Å²) in [6, 6.07) is 5.76. The summed E-state index contributed by atoms with van der Waals surface area (Å²) in [4.78, 5) is 44.0. The van der Waals surface area contributed by atoms with Crippen LogP contribution in [-0.4, -0.2) is 62.6 Å². The normalized spacial score (nSPS) is 14.1. The Hall–Kier alpha value is -4.16. The number of carbonyl (C=O) groups excluding carboxylic acids is 2. The lowest BCUT2D eigenvalue weighted by molar-refractivity contribution is -0.192. The Balaban J connectivity index is 0.000000429. The third kappa shape index (κ3) is 6.91. The Labute approximate surface area is 197 Å². The summed E-state index contributed by atoms with van der Waals surface area (Å²) in [7, 11) is 0. The van der Waals surface area contributed by atoms with E-state index in [0.717, 1.165) is 42.8 Å². The number of imidazole rings is 1. The molecule has 0 unspecified atom stereocenters. The number of aliphatic carboxylic acids is 1. The number of carboxylic acid groups (broad SMARTS) is 1. The molecule has 10 nitrogen and oxygen atoms in total. The molecule has 0 aromatic carbocycles. The van der Waals surface area contributed by atoms with E-state index in [1.807, 2.05) is 23.5 Å². The summed E-state index contributed by atoms with van der Waals surface area (Å²) in [5.41, 5.74) is 3.44. The first kappa shape index (κ1) is 25.5. The zero-order valence-electron chi connectivity index (χ0n) is 18.6. The molecule has 3 aromatic rings. The van der Waals surface area contributed by atoms with Crippen LogP contribution in [0.3, 0.4) is 0 Å². The lowest BCUT2D eigenvalue weighted by Crippen LogP contribution is -2.47. The van der Waals surface area contributed by atoms with Crippen LogP contribution in [0.1, 0.15) is 18.4 Å². The third-order valence-corrected chi connectivity index (χ3v) is 5.24. The highest BCUT2D eigenvalue weighted by Crippen LogP contribution is 2.19. The SMILES string of the molecule is Cc1cc(NC(=O)C(=O)NC2CCN(c3ccncc3)CC2)cn2ccnc12.O=C(O)C(F)(F)F. The molecule has 3 N–H and O–H groups in total. The molecule has 1 fully saturated rings. The van der Waals surface area contributed by atoms with Crippen LogP contribution in [0.5, 0.6) is 0 Å². The highest BCUT2D eigenvalue weighted by molar-refractivity contribution is 6.39. The standard InChI is InChI=1S/C20H22N6O2.C2HF3O2/c1-14-12-16(13-26-11-8-22-18(14)26)24-20(28)19(27)23-15-4-9-25(10-5-15)17-2-6-21-7-3-17;3-2(4,5)1(6)7/h2-3,6-8,11-13,15H,4-5,9-10H2,1H3,(H,23,27)(H,24,28);(H,6,7). The number of rotatable bonds is 3. The van der Waals surface area contributed by atoms with Gasteiger partial charge in [0.05, 0.1) is 5.69 Å². The predicted molar refractivity (Wildman–Crippen MR) is 120 cm³/mol. The van der Waals surface area contributed by atoms with E-state index in [2.05, 4.69) is 25.5 Å². The smallest absolute Gasteiger partial charge is 0.475 e. The Morgan fingerprint density at radius 3 is 2.31 bits per heavy atom. The molecule has 13 heteroatoms. The van der Waals surface area contributed by atoms with E-state index in [4.69, 9.17) is 9.90 Å². The number of aromatic nitrogens is 3. The van der Waals surface area contributed by atoms with Crippen LogP contribution in [0.2, 0.25) is 0 Å². The van der Waals surface area contributed by atoms with Gasteiger partial charge in [0.15, 0.2) is 0 Å². The number of anilines is 2. The van der Waals surface area contributed by atoms with Crippen molar-refractivity contribution in [3.05, 3.63) is 54.7 Å². The van der Waals surface area contributed by atoms with Crippen molar-refractivity contribution in [1.82, 2.24) is 19.7 Å². The van der Waals surface area contributed by atoms with Gasteiger partial charge in [0.2, 0.25) is 0 Å². The Bertz CT molecular complexity index is 1190. The summed E-state index contributed by atoms with van der Waals surface area (Å²) in [5.74, 6) is -4.02. The molecule has 0 spiro atoms. The van der Waals surface area contributed by atoms with Gasteiger partial charge in [0.25, 0.3) is 0 Å². The maximum absolute atomic E-state index is 12.3. The largest absolute Gasteiger partial charge is 0.490 e. The third-order valence-electron chi connectivity index (χ3n) is 5.24. The average molecular weight is 492 g/mol. The van der Waals surface area contributed by atoms with Gasteiger partial charge in [-0.1, -0.05) is 0 Å². The molecule has 2 amide bonds. The fourth-order valence-electron chi connectivity index (χ4n) is 3.55. The maximum atomic E-state index is 12.3. The molecule has 0 saturated carbocycles. The Morgan fingerprint density at radius 1 is 1.09 bits per heavy atom. The van der Waals surface area contributed by atoms with Crippen LogP contribution in [0.25, 0.3) is 5.65 Å². The van der Waals surface area contributed by atoms with Crippen molar-refractivity contribution in [3.8, 4) is 0 Å². The van der Waals surface area contributed by atoms with Gasteiger partial charge < -0.3 is 25.0 Å². The maximum Gasteiger partial charge on any atom is 0.490 e. The number of nitrogens with zero attached hydrogens (tertiary/aromatic N) is 4.